The molecule has 3 aromatic rings. The second kappa shape index (κ2) is 14.9. The van der Waals surface area contributed by atoms with Gasteiger partial charge in [-0.1, -0.05) is 68.3 Å². The second-order valence-corrected chi connectivity index (χ2v) is 10.6. The second-order valence-electron chi connectivity index (χ2n) is 10.6. The zero-order valence-electron chi connectivity index (χ0n) is 23.4. The SMILES string of the molecule is C=C(Nc1ccccn1)c1ccc(Cc2c(N)ncc(C/C=C\CCCCC(=O)NC3CCCCC3)c2N)cc1. The maximum absolute atomic E-state index is 12.2. The summed E-state index contributed by atoms with van der Waals surface area (Å²) in [7, 11) is 0. The van der Waals surface area contributed by atoms with Gasteiger partial charge in [0.15, 0.2) is 0 Å². The van der Waals surface area contributed by atoms with E-state index in [4.69, 9.17) is 11.5 Å². The molecule has 1 aromatic carbocycles. The summed E-state index contributed by atoms with van der Waals surface area (Å²) in [5, 5.41) is 6.42. The number of carbonyl (C=O) groups excluding carboxylic acids is 1. The van der Waals surface area contributed by atoms with Crippen LogP contribution in [0.15, 0.2) is 73.6 Å². The van der Waals surface area contributed by atoms with Crippen LogP contribution in [-0.2, 0) is 17.6 Å². The third-order valence-electron chi connectivity index (χ3n) is 7.47. The van der Waals surface area contributed by atoms with E-state index in [9.17, 15) is 4.79 Å². The lowest BCUT2D eigenvalue weighted by Crippen LogP contribution is -2.35. The molecule has 210 valence electrons. The molecular weight excluding hydrogens is 496 g/mol. The third kappa shape index (κ3) is 8.70. The number of carbonyl (C=O) groups is 1. The van der Waals surface area contributed by atoms with Crippen molar-refractivity contribution in [2.24, 2.45) is 0 Å². The molecular formula is C33H42N6O. The van der Waals surface area contributed by atoms with E-state index in [1.54, 1.807) is 12.4 Å². The van der Waals surface area contributed by atoms with Crippen molar-refractivity contribution in [1.82, 2.24) is 15.3 Å². The number of nitrogen functional groups attached to an aromatic ring is 2. The van der Waals surface area contributed by atoms with Crippen LogP contribution in [0.2, 0.25) is 0 Å². The van der Waals surface area contributed by atoms with Crippen molar-refractivity contribution in [3.63, 3.8) is 0 Å². The Labute approximate surface area is 238 Å². The number of pyridine rings is 2. The van der Waals surface area contributed by atoms with Crippen LogP contribution in [0.25, 0.3) is 5.70 Å². The molecule has 0 radical (unpaired) electrons. The monoisotopic (exact) mass is 538 g/mol. The molecule has 0 spiro atoms. The summed E-state index contributed by atoms with van der Waals surface area (Å²) in [5.74, 6) is 1.42. The quantitative estimate of drug-likeness (QED) is 0.147. The van der Waals surface area contributed by atoms with Crippen molar-refractivity contribution in [2.45, 2.75) is 76.7 Å². The van der Waals surface area contributed by atoms with E-state index in [0.717, 1.165) is 65.9 Å². The Morgan fingerprint density at radius 3 is 2.55 bits per heavy atom. The minimum absolute atomic E-state index is 0.199. The molecule has 1 aliphatic carbocycles. The number of hydrogen-bond donors (Lipinski definition) is 4. The molecule has 7 nitrogen and oxygen atoms in total. The van der Waals surface area contributed by atoms with Crippen LogP contribution in [0.1, 0.15) is 80.0 Å². The Bertz CT molecular complexity index is 1280. The molecule has 40 heavy (non-hydrogen) atoms. The van der Waals surface area contributed by atoms with E-state index < -0.39 is 0 Å². The molecule has 2 aromatic heterocycles. The fourth-order valence-electron chi connectivity index (χ4n) is 5.09. The standard InChI is InChI=1S/C33H42N6O/c1-24(38-30-15-10-11-21-36-30)26-19-17-25(18-20-26)22-29-32(34)27(23-37-33(29)35)12-6-3-2-4-9-16-31(40)39-28-13-7-5-8-14-28/h3,6,10-11,15,17-21,23,28H,1-2,4-5,7-9,12-14,16,22H2,(H,36,38)(H,39,40)(H4,34,35,37)/b6-3-. The number of allylic oxidation sites excluding steroid dienone is 2. The Morgan fingerprint density at radius 2 is 1.80 bits per heavy atom. The minimum Gasteiger partial charge on any atom is -0.398 e. The van der Waals surface area contributed by atoms with Crippen LogP contribution < -0.4 is 22.1 Å². The van der Waals surface area contributed by atoms with Crippen LogP contribution in [0, 0.1) is 0 Å². The lowest BCUT2D eigenvalue weighted by atomic mass is 9.95. The Morgan fingerprint density at radius 1 is 1.00 bits per heavy atom. The van der Waals surface area contributed by atoms with Crippen LogP contribution in [0.4, 0.5) is 17.3 Å². The van der Waals surface area contributed by atoms with Gasteiger partial charge < -0.3 is 22.1 Å². The lowest BCUT2D eigenvalue weighted by molar-refractivity contribution is -0.122. The topological polar surface area (TPSA) is 119 Å². The van der Waals surface area contributed by atoms with Crippen LogP contribution in [0.5, 0.6) is 0 Å². The molecule has 0 aliphatic heterocycles. The maximum Gasteiger partial charge on any atom is 0.220 e. The first-order chi connectivity index (χ1) is 19.5. The van der Waals surface area contributed by atoms with Crippen LogP contribution in [0.3, 0.4) is 0 Å². The van der Waals surface area contributed by atoms with Crippen molar-refractivity contribution in [3.8, 4) is 0 Å². The van der Waals surface area contributed by atoms with Gasteiger partial charge in [0.2, 0.25) is 5.91 Å². The Kier molecular flexibility index (Phi) is 10.7. The van der Waals surface area contributed by atoms with Gasteiger partial charge in [-0.25, -0.2) is 9.97 Å². The molecule has 0 unspecified atom stereocenters. The summed E-state index contributed by atoms with van der Waals surface area (Å²) >= 11 is 0. The van der Waals surface area contributed by atoms with Gasteiger partial charge in [0, 0.05) is 48.2 Å². The molecule has 0 atom stereocenters. The highest BCUT2D eigenvalue weighted by Gasteiger charge is 2.15. The molecule has 0 saturated heterocycles. The molecule has 4 rings (SSSR count). The molecule has 1 saturated carbocycles. The van der Waals surface area contributed by atoms with Gasteiger partial charge in [0.1, 0.15) is 11.6 Å². The lowest BCUT2D eigenvalue weighted by Gasteiger charge is -2.22. The summed E-state index contributed by atoms with van der Waals surface area (Å²) in [6.45, 7) is 4.13. The molecule has 1 aliphatic rings. The number of aromatic nitrogens is 2. The summed E-state index contributed by atoms with van der Waals surface area (Å²) < 4.78 is 0. The first kappa shape index (κ1) is 28.9. The van der Waals surface area contributed by atoms with Crippen molar-refractivity contribution in [2.75, 3.05) is 16.8 Å². The number of benzene rings is 1. The molecule has 2 heterocycles. The highest BCUT2D eigenvalue weighted by molar-refractivity contribution is 5.76. The molecule has 6 N–H and O–H groups in total. The fraction of sp³-hybridized carbons (Fsp3) is 0.364. The van der Waals surface area contributed by atoms with E-state index in [1.807, 2.05) is 30.3 Å². The minimum atomic E-state index is 0.199. The van der Waals surface area contributed by atoms with Gasteiger partial charge in [-0.05, 0) is 67.3 Å². The average molecular weight is 539 g/mol. The number of unbranched alkanes of at least 4 members (excludes halogenated alkanes) is 2. The smallest absolute Gasteiger partial charge is 0.220 e. The zero-order valence-corrected chi connectivity index (χ0v) is 23.4. The predicted molar refractivity (Wildman–Crippen MR) is 166 cm³/mol. The van der Waals surface area contributed by atoms with Crippen molar-refractivity contribution in [1.29, 1.82) is 0 Å². The van der Waals surface area contributed by atoms with Crippen molar-refractivity contribution in [3.05, 3.63) is 95.8 Å². The molecule has 7 heteroatoms. The number of amides is 1. The fourth-order valence-corrected chi connectivity index (χ4v) is 5.09. The molecule has 1 fully saturated rings. The third-order valence-corrected chi connectivity index (χ3v) is 7.47. The summed E-state index contributed by atoms with van der Waals surface area (Å²) in [6, 6.07) is 14.3. The number of nitrogens with one attached hydrogen (secondary N) is 2. The summed E-state index contributed by atoms with van der Waals surface area (Å²) in [6.07, 6.45) is 18.6. The largest absolute Gasteiger partial charge is 0.398 e. The average Bonchev–Trinajstić information content (AvgIpc) is 2.97. The van der Waals surface area contributed by atoms with Crippen molar-refractivity contribution >= 4 is 28.9 Å². The highest BCUT2D eigenvalue weighted by atomic mass is 16.1. The molecule has 1 amide bonds. The number of anilines is 3. The first-order valence-electron chi connectivity index (χ1n) is 14.4. The first-order valence-corrected chi connectivity index (χ1v) is 14.4. The molecule has 0 bridgehead atoms. The number of rotatable bonds is 13. The van der Waals surface area contributed by atoms with Gasteiger partial charge in [0.25, 0.3) is 0 Å². The summed E-state index contributed by atoms with van der Waals surface area (Å²) in [5.41, 5.74) is 18.1. The van der Waals surface area contributed by atoms with E-state index in [0.29, 0.717) is 36.8 Å². The van der Waals surface area contributed by atoms with E-state index >= 15 is 0 Å². The van der Waals surface area contributed by atoms with Crippen LogP contribution in [-0.4, -0.2) is 21.9 Å². The van der Waals surface area contributed by atoms with Gasteiger partial charge in [-0.15, -0.1) is 0 Å². The van der Waals surface area contributed by atoms with Gasteiger partial charge in [0.05, 0.1) is 0 Å². The van der Waals surface area contributed by atoms with E-state index in [1.165, 1.54) is 19.3 Å². The van der Waals surface area contributed by atoms with Gasteiger partial charge in [-0.2, -0.15) is 0 Å². The van der Waals surface area contributed by atoms with Crippen LogP contribution >= 0.6 is 0 Å². The van der Waals surface area contributed by atoms with Gasteiger partial charge >= 0.3 is 0 Å². The van der Waals surface area contributed by atoms with Gasteiger partial charge in [-0.3, -0.25) is 4.79 Å². The Hall–Kier alpha value is -4.13. The number of hydrogen-bond acceptors (Lipinski definition) is 6. The normalized spacial score (nSPS) is 13.8. The maximum atomic E-state index is 12.2. The Balaban J connectivity index is 1.23. The number of nitrogens with two attached hydrogens (primary N) is 2. The number of nitrogens with zero attached hydrogens (tertiary/aromatic N) is 2. The van der Waals surface area contributed by atoms with E-state index in [-0.39, 0.29) is 5.91 Å². The van der Waals surface area contributed by atoms with E-state index in [2.05, 4.69) is 51.5 Å². The zero-order chi connectivity index (χ0) is 28.2. The summed E-state index contributed by atoms with van der Waals surface area (Å²) in [4.78, 5) is 20.9. The highest BCUT2D eigenvalue weighted by Crippen LogP contribution is 2.26. The predicted octanol–water partition coefficient (Wildman–Crippen LogP) is 6.42. The van der Waals surface area contributed by atoms with Crippen molar-refractivity contribution < 1.29 is 4.79 Å².